The summed E-state index contributed by atoms with van der Waals surface area (Å²) >= 11 is 1.75. The average molecular weight is 572 g/mol. The molecule has 7 nitrogen and oxygen atoms in total. The summed E-state index contributed by atoms with van der Waals surface area (Å²) in [6.45, 7) is 4.84. The Kier molecular flexibility index (Phi) is 9.62. The van der Waals surface area contributed by atoms with E-state index in [2.05, 4.69) is 21.9 Å². The van der Waals surface area contributed by atoms with Crippen LogP contribution < -0.4 is 10.6 Å². The van der Waals surface area contributed by atoms with Gasteiger partial charge in [-0.1, -0.05) is 42.5 Å². The average Bonchev–Trinajstić information content (AvgIpc) is 3.92. The van der Waals surface area contributed by atoms with E-state index in [1.165, 1.54) is 25.7 Å². The minimum absolute atomic E-state index is 0.00486. The van der Waals surface area contributed by atoms with Crippen molar-refractivity contribution in [3.05, 3.63) is 77.9 Å². The summed E-state index contributed by atoms with van der Waals surface area (Å²) in [5.74, 6) is 2.88. The monoisotopic (exact) mass is 571 g/mol. The highest BCUT2D eigenvalue weighted by atomic mass is 32.2. The highest BCUT2D eigenvalue weighted by Crippen LogP contribution is 2.54. The summed E-state index contributed by atoms with van der Waals surface area (Å²) in [5.41, 5.74) is 5.78. The molecule has 2 saturated carbocycles. The van der Waals surface area contributed by atoms with Gasteiger partial charge in [-0.2, -0.15) is 11.8 Å². The van der Waals surface area contributed by atoms with Crippen LogP contribution in [0.4, 0.5) is 5.69 Å². The summed E-state index contributed by atoms with van der Waals surface area (Å²) in [6.07, 6.45) is 8.76. The fourth-order valence-electron chi connectivity index (χ4n) is 5.74. The van der Waals surface area contributed by atoms with Gasteiger partial charge in [0.05, 0.1) is 18.2 Å². The lowest BCUT2D eigenvalue weighted by molar-refractivity contribution is -0.119. The molecule has 2 fully saturated rings. The second-order valence-corrected chi connectivity index (χ2v) is 12.2. The number of ether oxygens (including phenoxy) is 1. The number of hydrogen-bond donors (Lipinski definition) is 4. The van der Waals surface area contributed by atoms with E-state index in [9.17, 15) is 4.79 Å². The number of anilines is 1. The topological polar surface area (TPSA) is 103 Å². The first kappa shape index (κ1) is 29.1. The van der Waals surface area contributed by atoms with Gasteiger partial charge in [-0.05, 0) is 81.2 Å². The van der Waals surface area contributed by atoms with Crippen molar-refractivity contribution in [3.8, 4) is 11.3 Å². The summed E-state index contributed by atoms with van der Waals surface area (Å²) in [5, 5.41) is 14.9. The molecule has 2 aliphatic carbocycles. The standard InChI is InChI=1S/C33H41N5O2S/c1-21(34)29(22(2)36-20-40-17-18-41-3)24-13-15-27(16-14-24)37-33(39)31(30(25-9-10-25)26-11-12-26)32-35-19-28(38-32)23-7-5-4-6-8-23/h4-8,13-16,19,25-26,30-31,34,36H,9-12,17-18,20H2,1-3H3,(H,35,38)(H,37,39)/b29-22+,34-21?. The molecule has 0 bridgehead atoms. The predicted octanol–water partition coefficient (Wildman–Crippen LogP) is 6.93. The number of benzene rings is 2. The second-order valence-electron chi connectivity index (χ2n) is 11.2. The summed E-state index contributed by atoms with van der Waals surface area (Å²) in [4.78, 5) is 22.3. The maximum absolute atomic E-state index is 14.0. The predicted molar refractivity (Wildman–Crippen MR) is 169 cm³/mol. The Morgan fingerprint density at radius 3 is 2.37 bits per heavy atom. The molecule has 1 atom stereocenters. The molecule has 1 unspecified atom stereocenters. The van der Waals surface area contributed by atoms with Crippen LogP contribution in [-0.4, -0.2) is 46.9 Å². The lowest BCUT2D eigenvalue weighted by atomic mass is 9.82. The van der Waals surface area contributed by atoms with E-state index in [0.29, 0.717) is 36.8 Å². The smallest absolute Gasteiger partial charge is 0.235 e. The van der Waals surface area contributed by atoms with Gasteiger partial charge >= 0.3 is 0 Å². The SMILES string of the molecule is CSCCOCN/C(C)=C(\C(C)=N)c1ccc(NC(=O)C(c2nc(-c3ccccc3)c[nH]2)C(C2CC2)C2CC2)cc1. The van der Waals surface area contributed by atoms with Crippen LogP contribution in [-0.2, 0) is 9.53 Å². The number of nitrogens with zero attached hydrogens (tertiary/aromatic N) is 1. The van der Waals surface area contributed by atoms with Crippen LogP contribution in [0.3, 0.4) is 0 Å². The van der Waals surface area contributed by atoms with E-state index >= 15 is 0 Å². The van der Waals surface area contributed by atoms with Crippen LogP contribution >= 0.6 is 11.8 Å². The van der Waals surface area contributed by atoms with Gasteiger partial charge in [0.2, 0.25) is 5.91 Å². The molecule has 0 aliphatic heterocycles. The number of H-pyrrole nitrogens is 1. The first-order valence-corrected chi connectivity index (χ1v) is 15.9. The van der Waals surface area contributed by atoms with Crippen molar-refractivity contribution in [3.63, 3.8) is 0 Å². The van der Waals surface area contributed by atoms with Gasteiger partial charge in [-0.3, -0.25) is 4.79 Å². The minimum atomic E-state index is -0.316. The maximum Gasteiger partial charge on any atom is 0.235 e. The quantitative estimate of drug-likeness (QED) is 0.0900. The van der Waals surface area contributed by atoms with Gasteiger partial charge in [0, 0.05) is 40.2 Å². The molecule has 41 heavy (non-hydrogen) atoms. The normalized spacial score (nSPS) is 16.3. The fourth-order valence-corrected chi connectivity index (χ4v) is 6.03. The Balaban J connectivity index is 1.33. The molecular formula is C33H41N5O2S. The second kappa shape index (κ2) is 13.5. The van der Waals surface area contributed by atoms with Crippen LogP contribution in [0.15, 0.2) is 66.5 Å². The van der Waals surface area contributed by atoms with Crippen molar-refractivity contribution in [1.29, 1.82) is 5.41 Å². The summed E-state index contributed by atoms with van der Waals surface area (Å²) < 4.78 is 5.63. The number of rotatable bonds is 15. The highest BCUT2D eigenvalue weighted by molar-refractivity contribution is 7.98. The van der Waals surface area contributed by atoms with E-state index in [0.717, 1.165) is 45.4 Å². The molecule has 2 aromatic carbocycles. The molecular weight excluding hydrogens is 530 g/mol. The minimum Gasteiger partial charge on any atom is -0.366 e. The summed E-state index contributed by atoms with van der Waals surface area (Å²) in [6, 6.07) is 17.9. The molecule has 0 saturated heterocycles. The molecule has 1 aromatic heterocycles. The van der Waals surface area contributed by atoms with Crippen LogP contribution in [0.2, 0.25) is 0 Å². The van der Waals surface area contributed by atoms with E-state index in [1.807, 2.05) is 67.7 Å². The Morgan fingerprint density at radius 2 is 1.76 bits per heavy atom. The van der Waals surface area contributed by atoms with Gasteiger partial charge in [-0.25, -0.2) is 4.98 Å². The fraction of sp³-hybridized carbons (Fsp3) is 0.424. The number of thioether (sulfide) groups is 1. The van der Waals surface area contributed by atoms with Crippen LogP contribution in [0.25, 0.3) is 16.8 Å². The zero-order valence-corrected chi connectivity index (χ0v) is 25.0. The van der Waals surface area contributed by atoms with Gasteiger partial charge < -0.3 is 25.8 Å². The van der Waals surface area contributed by atoms with Gasteiger partial charge in [0.1, 0.15) is 12.6 Å². The highest BCUT2D eigenvalue weighted by Gasteiger charge is 2.49. The van der Waals surface area contributed by atoms with E-state index in [-0.39, 0.29) is 11.8 Å². The number of carbonyl (C=O) groups excluding carboxylic acids is 1. The Bertz CT molecular complexity index is 1350. The number of carbonyl (C=O) groups is 1. The first-order valence-electron chi connectivity index (χ1n) is 14.5. The van der Waals surface area contributed by atoms with Crippen molar-refractivity contribution in [1.82, 2.24) is 15.3 Å². The number of nitrogens with one attached hydrogen (secondary N) is 4. The third kappa shape index (κ3) is 7.49. The zero-order valence-electron chi connectivity index (χ0n) is 24.2. The van der Waals surface area contributed by atoms with Crippen molar-refractivity contribution >= 4 is 34.6 Å². The maximum atomic E-state index is 14.0. The molecule has 1 amide bonds. The molecule has 8 heteroatoms. The number of hydrogen-bond acceptors (Lipinski definition) is 6. The van der Waals surface area contributed by atoms with Crippen LogP contribution in [0.1, 0.15) is 56.8 Å². The Hall–Kier alpha value is -3.36. The van der Waals surface area contributed by atoms with Gasteiger partial charge in [0.15, 0.2) is 0 Å². The number of aromatic nitrogens is 2. The first-order chi connectivity index (χ1) is 20.0. The molecule has 2 aliphatic rings. The van der Waals surface area contributed by atoms with E-state index in [4.69, 9.17) is 15.1 Å². The lowest BCUT2D eigenvalue weighted by Gasteiger charge is -2.25. The molecule has 5 rings (SSSR count). The number of aromatic amines is 1. The number of allylic oxidation sites excluding steroid dienone is 2. The Labute approximate surface area is 247 Å². The number of amides is 1. The van der Waals surface area contributed by atoms with Crippen LogP contribution in [0, 0.1) is 23.2 Å². The molecule has 216 valence electrons. The molecule has 3 aromatic rings. The van der Waals surface area contributed by atoms with Gasteiger partial charge in [0.25, 0.3) is 0 Å². The molecule has 1 heterocycles. The van der Waals surface area contributed by atoms with Crippen molar-refractivity contribution in [2.75, 3.05) is 30.7 Å². The summed E-state index contributed by atoms with van der Waals surface area (Å²) in [7, 11) is 0. The molecule has 4 N–H and O–H groups in total. The Morgan fingerprint density at radius 1 is 1.07 bits per heavy atom. The van der Waals surface area contributed by atoms with Gasteiger partial charge in [-0.15, -0.1) is 0 Å². The van der Waals surface area contributed by atoms with Crippen LogP contribution in [0.5, 0.6) is 0 Å². The third-order valence-electron chi connectivity index (χ3n) is 8.02. The zero-order chi connectivity index (χ0) is 28.8. The van der Waals surface area contributed by atoms with Crippen molar-refractivity contribution < 1.29 is 9.53 Å². The van der Waals surface area contributed by atoms with E-state index < -0.39 is 0 Å². The third-order valence-corrected chi connectivity index (χ3v) is 8.60. The lowest BCUT2D eigenvalue weighted by Crippen LogP contribution is -2.31. The number of imidazole rings is 1. The molecule has 0 spiro atoms. The molecule has 0 radical (unpaired) electrons. The van der Waals surface area contributed by atoms with Crippen molar-refractivity contribution in [2.24, 2.45) is 17.8 Å². The largest absolute Gasteiger partial charge is 0.366 e. The van der Waals surface area contributed by atoms with E-state index in [1.54, 1.807) is 18.7 Å². The van der Waals surface area contributed by atoms with Crippen molar-refractivity contribution in [2.45, 2.75) is 45.4 Å².